The van der Waals surface area contributed by atoms with Gasteiger partial charge in [0.15, 0.2) is 0 Å². The van der Waals surface area contributed by atoms with E-state index in [2.05, 4.69) is 20.5 Å². The minimum absolute atomic E-state index is 0.0474. The van der Waals surface area contributed by atoms with E-state index in [9.17, 15) is 9.90 Å². The van der Waals surface area contributed by atoms with E-state index >= 15 is 0 Å². The van der Waals surface area contributed by atoms with Crippen LogP contribution in [-0.4, -0.2) is 26.2 Å². The first-order valence-electron chi connectivity index (χ1n) is 6.27. The number of hydrogen-bond donors (Lipinski definition) is 3. The minimum atomic E-state index is -0.333. The number of aromatic nitrogens is 3. The normalized spacial score (nSPS) is 10.3. The predicted octanol–water partition coefficient (Wildman–Crippen LogP) is 2.43. The van der Waals surface area contributed by atoms with Crippen LogP contribution in [0.3, 0.4) is 0 Å². The van der Waals surface area contributed by atoms with Crippen LogP contribution in [0, 0.1) is 0 Å². The highest BCUT2D eigenvalue weighted by Crippen LogP contribution is 2.21. The van der Waals surface area contributed by atoms with Gasteiger partial charge in [0, 0.05) is 23.6 Å². The molecular weight excluding hydrogens is 268 g/mol. The second-order valence-electron chi connectivity index (χ2n) is 4.44. The zero-order valence-electron chi connectivity index (χ0n) is 10.9. The molecule has 3 rings (SSSR count). The summed E-state index contributed by atoms with van der Waals surface area (Å²) >= 11 is 0. The molecular formula is C15H12N4O2. The minimum Gasteiger partial charge on any atom is -0.506 e. The third kappa shape index (κ3) is 2.89. The largest absolute Gasteiger partial charge is 0.506 e. The summed E-state index contributed by atoms with van der Waals surface area (Å²) < 4.78 is 0. The number of nitrogens with zero attached hydrogens (tertiary/aromatic N) is 2. The molecule has 104 valence electrons. The highest BCUT2D eigenvalue weighted by molar-refractivity contribution is 6.04. The molecule has 0 aliphatic carbocycles. The molecule has 0 atom stereocenters. The van der Waals surface area contributed by atoms with E-state index in [-0.39, 0.29) is 11.7 Å². The monoisotopic (exact) mass is 280 g/mol. The Balaban J connectivity index is 1.82. The van der Waals surface area contributed by atoms with Crippen molar-refractivity contribution in [2.45, 2.75) is 0 Å². The van der Waals surface area contributed by atoms with Crippen molar-refractivity contribution in [1.29, 1.82) is 0 Å². The van der Waals surface area contributed by atoms with Crippen LogP contribution in [0.5, 0.6) is 5.75 Å². The average molecular weight is 280 g/mol. The van der Waals surface area contributed by atoms with Crippen LogP contribution in [-0.2, 0) is 0 Å². The summed E-state index contributed by atoms with van der Waals surface area (Å²) in [6.45, 7) is 0. The van der Waals surface area contributed by atoms with Crippen molar-refractivity contribution in [2.75, 3.05) is 5.32 Å². The first-order valence-corrected chi connectivity index (χ1v) is 6.27. The molecule has 6 nitrogen and oxygen atoms in total. The highest BCUT2D eigenvalue weighted by Gasteiger charge is 2.08. The molecule has 0 bridgehead atoms. The maximum Gasteiger partial charge on any atom is 0.257 e. The Morgan fingerprint density at radius 2 is 2.10 bits per heavy atom. The second kappa shape index (κ2) is 5.46. The van der Waals surface area contributed by atoms with Gasteiger partial charge in [0.25, 0.3) is 5.91 Å². The molecule has 0 unspecified atom stereocenters. The van der Waals surface area contributed by atoms with Crippen molar-refractivity contribution in [3.63, 3.8) is 0 Å². The summed E-state index contributed by atoms with van der Waals surface area (Å²) in [6.07, 6.45) is 4.34. The summed E-state index contributed by atoms with van der Waals surface area (Å²) in [4.78, 5) is 15.9. The van der Waals surface area contributed by atoms with Gasteiger partial charge in [0.1, 0.15) is 5.75 Å². The fourth-order valence-electron chi connectivity index (χ4n) is 1.94. The van der Waals surface area contributed by atoms with Crippen LogP contribution in [0.15, 0.2) is 55.0 Å². The number of benzene rings is 1. The van der Waals surface area contributed by atoms with Gasteiger partial charge in [-0.1, -0.05) is 12.1 Å². The molecule has 1 aromatic carbocycles. The Kier molecular flexibility index (Phi) is 3.34. The molecule has 0 fully saturated rings. The van der Waals surface area contributed by atoms with Crippen LogP contribution in [0.1, 0.15) is 10.4 Å². The van der Waals surface area contributed by atoms with Crippen LogP contribution in [0.4, 0.5) is 5.69 Å². The fourth-order valence-corrected chi connectivity index (χ4v) is 1.94. The van der Waals surface area contributed by atoms with Gasteiger partial charge in [-0.15, -0.1) is 0 Å². The van der Waals surface area contributed by atoms with Crippen molar-refractivity contribution in [2.24, 2.45) is 0 Å². The lowest BCUT2D eigenvalue weighted by atomic mass is 10.1. The number of nitrogens with one attached hydrogen (secondary N) is 2. The first kappa shape index (κ1) is 12.9. The summed E-state index contributed by atoms with van der Waals surface area (Å²) in [5, 5.41) is 18.9. The van der Waals surface area contributed by atoms with E-state index in [1.165, 1.54) is 18.5 Å². The third-order valence-corrected chi connectivity index (χ3v) is 2.92. The van der Waals surface area contributed by atoms with Gasteiger partial charge in [0.2, 0.25) is 0 Å². The Bertz CT molecular complexity index is 769. The lowest BCUT2D eigenvalue weighted by Crippen LogP contribution is -2.12. The van der Waals surface area contributed by atoms with Crippen molar-refractivity contribution in [3.05, 3.63) is 60.6 Å². The molecule has 1 amide bonds. The van der Waals surface area contributed by atoms with Gasteiger partial charge in [-0.2, -0.15) is 5.10 Å². The Labute approximate surface area is 120 Å². The Morgan fingerprint density at radius 1 is 1.19 bits per heavy atom. The molecule has 6 heteroatoms. The number of amides is 1. The van der Waals surface area contributed by atoms with E-state index in [1.807, 2.05) is 24.3 Å². The molecule has 0 saturated carbocycles. The van der Waals surface area contributed by atoms with Gasteiger partial charge in [0.05, 0.1) is 17.5 Å². The summed E-state index contributed by atoms with van der Waals surface area (Å²) in [5.41, 5.74) is 2.72. The van der Waals surface area contributed by atoms with Gasteiger partial charge >= 0.3 is 0 Å². The molecule has 0 radical (unpaired) electrons. The molecule has 3 aromatic rings. The summed E-state index contributed by atoms with van der Waals surface area (Å²) in [5.74, 6) is -0.381. The van der Waals surface area contributed by atoms with Crippen molar-refractivity contribution < 1.29 is 9.90 Å². The van der Waals surface area contributed by atoms with Crippen LogP contribution in [0.25, 0.3) is 11.3 Å². The molecule has 0 spiro atoms. The van der Waals surface area contributed by atoms with Crippen molar-refractivity contribution >= 4 is 11.6 Å². The van der Waals surface area contributed by atoms with E-state index in [1.54, 1.807) is 12.3 Å². The van der Waals surface area contributed by atoms with Gasteiger partial charge in [-0.25, -0.2) is 0 Å². The van der Waals surface area contributed by atoms with Crippen LogP contribution < -0.4 is 5.32 Å². The smallest absolute Gasteiger partial charge is 0.257 e. The molecule has 0 aliphatic heterocycles. The molecule has 3 N–H and O–H groups in total. The Morgan fingerprint density at radius 3 is 2.86 bits per heavy atom. The van der Waals surface area contributed by atoms with Crippen LogP contribution in [0.2, 0.25) is 0 Å². The maximum absolute atomic E-state index is 12.1. The third-order valence-electron chi connectivity index (χ3n) is 2.92. The number of carbonyl (C=O) groups excluding carboxylic acids is 1. The fraction of sp³-hybridized carbons (Fsp3) is 0. The predicted molar refractivity (Wildman–Crippen MR) is 77.9 cm³/mol. The summed E-state index contributed by atoms with van der Waals surface area (Å²) in [6, 6.07) is 10.6. The molecule has 0 saturated heterocycles. The zero-order chi connectivity index (χ0) is 14.7. The van der Waals surface area contributed by atoms with E-state index in [4.69, 9.17) is 0 Å². The number of hydrogen-bond acceptors (Lipinski definition) is 4. The number of rotatable bonds is 3. The lowest BCUT2D eigenvalue weighted by molar-refractivity contribution is 0.102. The number of pyridine rings is 1. The quantitative estimate of drug-likeness (QED) is 0.687. The SMILES string of the molecule is O=C(Nc1cccc(-c2ccn[nH]2)c1)c1cncc(O)c1. The van der Waals surface area contributed by atoms with Crippen molar-refractivity contribution in [3.8, 4) is 17.0 Å². The van der Waals surface area contributed by atoms with Crippen molar-refractivity contribution in [1.82, 2.24) is 15.2 Å². The number of aromatic hydroxyl groups is 1. The topological polar surface area (TPSA) is 90.9 Å². The maximum atomic E-state index is 12.1. The summed E-state index contributed by atoms with van der Waals surface area (Å²) in [7, 11) is 0. The van der Waals surface area contributed by atoms with Crippen LogP contribution >= 0.6 is 0 Å². The highest BCUT2D eigenvalue weighted by atomic mass is 16.3. The number of anilines is 1. The van der Waals surface area contributed by atoms with Gasteiger partial charge < -0.3 is 10.4 Å². The number of carbonyl (C=O) groups is 1. The van der Waals surface area contributed by atoms with E-state index < -0.39 is 0 Å². The Hall–Kier alpha value is -3.15. The van der Waals surface area contributed by atoms with Gasteiger partial charge in [-0.3, -0.25) is 14.9 Å². The van der Waals surface area contributed by atoms with E-state index in [0.29, 0.717) is 11.3 Å². The molecule has 0 aliphatic rings. The molecule has 2 heterocycles. The first-order chi connectivity index (χ1) is 10.2. The molecule has 2 aromatic heterocycles. The van der Waals surface area contributed by atoms with Gasteiger partial charge in [-0.05, 0) is 24.3 Å². The molecule has 21 heavy (non-hydrogen) atoms. The second-order valence-corrected chi connectivity index (χ2v) is 4.44. The standard InChI is InChI=1S/C15H12N4O2/c20-13-7-11(8-16-9-13)15(21)18-12-3-1-2-10(6-12)14-4-5-17-19-14/h1-9,20H,(H,17,19)(H,18,21). The number of aromatic amines is 1. The average Bonchev–Trinajstić information content (AvgIpc) is 3.02. The number of H-pyrrole nitrogens is 1. The zero-order valence-corrected chi connectivity index (χ0v) is 10.9. The lowest BCUT2D eigenvalue weighted by Gasteiger charge is -2.07. The van der Waals surface area contributed by atoms with E-state index in [0.717, 1.165) is 11.3 Å².